The molecule has 0 atom stereocenters. The molecule has 1 aliphatic carbocycles. The maximum absolute atomic E-state index is 13.8. The Morgan fingerprint density at radius 2 is 1.86 bits per heavy atom. The van der Waals surface area contributed by atoms with Gasteiger partial charge in [-0.05, 0) is 24.8 Å². The van der Waals surface area contributed by atoms with Crippen LogP contribution in [0, 0.1) is 17.6 Å². The molecular formula is C15H17F2N3O. The standard InChI is InChI=1S/C15H17F2N3O/c1-8-2-4-9(5-3-8)14-19-15(21-20-14)10-6-13(18)12(17)7-11(10)16/h6-9H,2-5,18H2,1H3. The second kappa shape index (κ2) is 5.42. The predicted molar refractivity (Wildman–Crippen MR) is 74.4 cm³/mol. The van der Waals surface area contributed by atoms with E-state index in [4.69, 9.17) is 10.3 Å². The van der Waals surface area contributed by atoms with Crippen LogP contribution in [0.3, 0.4) is 0 Å². The van der Waals surface area contributed by atoms with Crippen molar-refractivity contribution in [3.8, 4) is 11.5 Å². The lowest BCUT2D eigenvalue weighted by Crippen LogP contribution is -2.11. The predicted octanol–water partition coefficient (Wildman–Crippen LogP) is 3.89. The van der Waals surface area contributed by atoms with E-state index in [9.17, 15) is 8.78 Å². The van der Waals surface area contributed by atoms with Gasteiger partial charge in [-0.2, -0.15) is 4.98 Å². The quantitative estimate of drug-likeness (QED) is 0.853. The molecule has 1 saturated carbocycles. The maximum atomic E-state index is 13.8. The fourth-order valence-electron chi connectivity index (χ4n) is 2.76. The second-order valence-corrected chi connectivity index (χ2v) is 5.77. The van der Waals surface area contributed by atoms with Crippen LogP contribution in [0.25, 0.3) is 11.5 Å². The highest BCUT2D eigenvalue weighted by atomic mass is 19.1. The smallest absolute Gasteiger partial charge is 0.260 e. The highest BCUT2D eigenvalue weighted by Gasteiger charge is 2.25. The van der Waals surface area contributed by atoms with Gasteiger partial charge in [-0.1, -0.05) is 24.9 Å². The lowest BCUT2D eigenvalue weighted by molar-refractivity contribution is 0.328. The minimum absolute atomic E-state index is 0.0387. The van der Waals surface area contributed by atoms with Crippen molar-refractivity contribution in [2.75, 3.05) is 5.73 Å². The molecule has 0 bridgehead atoms. The van der Waals surface area contributed by atoms with Gasteiger partial charge >= 0.3 is 0 Å². The summed E-state index contributed by atoms with van der Waals surface area (Å²) in [6.07, 6.45) is 4.28. The van der Waals surface area contributed by atoms with Crippen molar-refractivity contribution < 1.29 is 13.3 Å². The second-order valence-electron chi connectivity index (χ2n) is 5.77. The van der Waals surface area contributed by atoms with E-state index >= 15 is 0 Å². The fraction of sp³-hybridized carbons (Fsp3) is 0.467. The van der Waals surface area contributed by atoms with Crippen molar-refractivity contribution in [3.05, 3.63) is 29.6 Å². The molecule has 0 spiro atoms. The summed E-state index contributed by atoms with van der Waals surface area (Å²) in [5.74, 6) is 0.0694. The maximum Gasteiger partial charge on any atom is 0.260 e. The van der Waals surface area contributed by atoms with Gasteiger partial charge in [0.15, 0.2) is 5.82 Å². The first kappa shape index (κ1) is 14.0. The number of hydrogen-bond donors (Lipinski definition) is 1. The molecule has 1 aliphatic rings. The highest BCUT2D eigenvalue weighted by Crippen LogP contribution is 2.35. The zero-order valence-electron chi connectivity index (χ0n) is 11.8. The van der Waals surface area contributed by atoms with Gasteiger partial charge in [0.25, 0.3) is 5.89 Å². The Morgan fingerprint density at radius 1 is 1.14 bits per heavy atom. The molecule has 1 aromatic heterocycles. The Hall–Kier alpha value is -1.98. The Kier molecular flexibility index (Phi) is 3.61. The van der Waals surface area contributed by atoms with Crippen LogP contribution in [-0.4, -0.2) is 10.1 Å². The molecule has 112 valence electrons. The molecule has 2 aromatic rings. The first-order chi connectivity index (χ1) is 10.0. The molecule has 1 aromatic carbocycles. The highest BCUT2D eigenvalue weighted by molar-refractivity contribution is 5.61. The van der Waals surface area contributed by atoms with Crippen LogP contribution in [-0.2, 0) is 0 Å². The number of rotatable bonds is 2. The van der Waals surface area contributed by atoms with Gasteiger partial charge in [0.2, 0.25) is 0 Å². The normalized spacial score (nSPS) is 22.4. The van der Waals surface area contributed by atoms with E-state index in [0.29, 0.717) is 5.82 Å². The number of hydrogen-bond acceptors (Lipinski definition) is 4. The number of anilines is 1. The van der Waals surface area contributed by atoms with Gasteiger partial charge < -0.3 is 10.3 Å². The Labute approximate surface area is 121 Å². The van der Waals surface area contributed by atoms with E-state index < -0.39 is 11.6 Å². The van der Waals surface area contributed by atoms with Gasteiger partial charge in [0.05, 0.1) is 11.3 Å². The minimum Gasteiger partial charge on any atom is -0.396 e. The molecule has 0 aliphatic heterocycles. The summed E-state index contributed by atoms with van der Waals surface area (Å²) >= 11 is 0. The topological polar surface area (TPSA) is 64.9 Å². The van der Waals surface area contributed by atoms with Crippen molar-refractivity contribution in [1.82, 2.24) is 10.1 Å². The van der Waals surface area contributed by atoms with Crippen LogP contribution in [0.2, 0.25) is 0 Å². The van der Waals surface area contributed by atoms with E-state index in [-0.39, 0.29) is 23.1 Å². The Morgan fingerprint density at radius 3 is 2.57 bits per heavy atom. The molecule has 0 radical (unpaired) electrons. The molecule has 1 fully saturated rings. The number of nitrogens with zero attached hydrogens (tertiary/aromatic N) is 2. The first-order valence-corrected chi connectivity index (χ1v) is 7.13. The van der Waals surface area contributed by atoms with Crippen LogP contribution < -0.4 is 5.73 Å². The van der Waals surface area contributed by atoms with E-state index in [1.165, 1.54) is 6.07 Å². The third-order valence-electron chi connectivity index (χ3n) is 4.14. The van der Waals surface area contributed by atoms with Crippen LogP contribution in [0.15, 0.2) is 16.7 Å². The summed E-state index contributed by atoms with van der Waals surface area (Å²) in [7, 11) is 0. The number of nitrogen functional groups attached to an aromatic ring is 1. The minimum atomic E-state index is -0.794. The summed E-state index contributed by atoms with van der Waals surface area (Å²) < 4.78 is 32.1. The monoisotopic (exact) mass is 293 g/mol. The van der Waals surface area contributed by atoms with Crippen LogP contribution in [0.5, 0.6) is 0 Å². The number of aromatic nitrogens is 2. The van der Waals surface area contributed by atoms with Crippen molar-refractivity contribution in [2.24, 2.45) is 5.92 Å². The number of halogens is 2. The van der Waals surface area contributed by atoms with Crippen molar-refractivity contribution in [2.45, 2.75) is 38.5 Å². The van der Waals surface area contributed by atoms with E-state index in [0.717, 1.165) is 37.7 Å². The fourth-order valence-corrected chi connectivity index (χ4v) is 2.76. The summed E-state index contributed by atoms with van der Waals surface area (Å²) in [6.45, 7) is 2.23. The lowest BCUT2D eigenvalue weighted by atomic mass is 9.83. The summed E-state index contributed by atoms with van der Waals surface area (Å²) in [5.41, 5.74) is 5.36. The molecule has 21 heavy (non-hydrogen) atoms. The van der Waals surface area contributed by atoms with Crippen molar-refractivity contribution in [3.63, 3.8) is 0 Å². The van der Waals surface area contributed by atoms with Crippen molar-refractivity contribution in [1.29, 1.82) is 0 Å². The molecule has 0 unspecified atom stereocenters. The summed E-state index contributed by atoms with van der Waals surface area (Å²) in [4.78, 5) is 4.27. The van der Waals surface area contributed by atoms with Gasteiger partial charge in [-0.15, -0.1) is 0 Å². The van der Waals surface area contributed by atoms with E-state index in [1.807, 2.05) is 0 Å². The van der Waals surface area contributed by atoms with Crippen LogP contribution in [0.1, 0.15) is 44.3 Å². The van der Waals surface area contributed by atoms with Crippen LogP contribution >= 0.6 is 0 Å². The zero-order valence-corrected chi connectivity index (χ0v) is 11.8. The molecular weight excluding hydrogens is 276 g/mol. The SMILES string of the molecule is CC1CCC(c2noc(-c3cc(N)c(F)cc3F)n2)CC1. The van der Waals surface area contributed by atoms with E-state index in [1.54, 1.807) is 0 Å². The van der Waals surface area contributed by atoms with Gasteiger partial charge in [0, 0.05) is 12.0 Å². The average Bonchev–Trinajstić information content (AvgIpc) is 2.93. The lowest BCUT2D eigenvalue weighted by Gasteiger charge is -2.23. The summed E-state index contributed by atoms with van der Waals surface area (Å²) in [6, 6.07) is 1.92. The van der Waals surface area contributed by atoms with Gasteiger partial charge in [0.1, 0.15) is 11.6 Å². The molecule has 3 rings (SSSR count). The zero-order chi connectivity index (χ0) is 15.0. The first-order valence-electron chi connectivity index (χ1n) is 7.13. The van der Waals surface area contributed by atoms with Gasteiger partial charge in [-0.25, -0.2) is 8.78 Å². The number of nitrogens with two attached hydrogens (primary N) is 1. The third-order valence-corrected chi connectivity index (χ3v) is 4.14. The van der Waals surface area contributed by atoms with Gasteiger partial charge in [-0.3, -0.25) is 0 Å². The average molecular weight is 293 g/mol. The van der Waals surface area contributed by atoms with E-state index in [2.05, 4.69) is 17.1 Å². The largest absolute Gasteiger partial charge is 0.396 e. The molecule has 4 nitrogen and oxygen atoms in total. The number of benzene rings is 1. The molecule has 1 heterocycles. The molecule has 2 N–H and O–H groups in total. The Bertz CT molecular complexity index is 648. The molecule has 0 saturated heterocycles. The van der Waals surface area contributed by atoms with Crippen molar-refractivity contribution >= 4 is 5.69 Å². The molecule has 0 amide bonds. The molecule has 6 heteroatoms. The van der Waals surface area contributed by atoms with Crippen LogP contribution in [0.4, 0.5) is 14.5 Å². The Balaban J connectivity index is 1.87. The third kappa shape index (κ3) is 2.75. The summed E-state index contributed by atoms with van der Waals surface area (Å²) in [5, 5.41) is 3.95.